The number of carbonyl (C=O) groups excluding carboxylic acids is 1. The van der Waals surface area contributed by atoms with Crippen molar-refractivity contribution in [3.05, 3.63) is 0 Å². The van der Waals surface area contributed by atoms with Crippen LogP contribution in [0.25, 0.3) is 0 Å². The fourth-order valence-corrected chi connectivity index (χ4v) is 0. The van der Waals surface area contributed by atoms with Crippen molar-refractivity contribution in [3.8, 4) is 0 Å². The Labute approximate surface area is 37.8 Å². The van der Waals surface area contributed by atoms with Crippen molar-refractivity contribution in [3.63, 3.8) is 0 Å². The molecule has 0 aliphatic carbocycles. The predicted octanol–water partition coefficient (Wildman–Crippen LogP) is -1.18. The monoisotopic (exact) mass is 89.1 g/mol. The molecule has 0 rings (SSSR count). The van der Waals surface area contributed by atoms with Crippen LogP contribution >= 0.6 is 0 Å². The summed E-state index contributed by atoms with van der Waals surface area (Å²) in [4.78, 5) is 9.97. The largest absolute Gasteiger partial charge is 0.368 e. The van der Waals surface area contributed by atoms with Gasteiger partial charge in [-0.25, -0.2) is 0 Å². The Bertz CT molecular complexity index is 75.3. The number of amides is 1. The molecule has 3 nitrogen and oxygen atoms in total. The zero-order valence-electron chi connectivity index (χ0n) is 4.56. The fourth-order valence-electron chi connectivity index (χ4n) is 0. The Balaban J connectivity index is 3.34. The molecular formula is C3H8N2O. The molecule has 0 aromatic heterocycles. The molecule has 0 saturated carbocycles. The van der Waals surface area contributed by atoms with Crippen LogP contribution in [0.1, 0.15) is 6.92 Å². The van der Waals surface area contributed by atoms with Gasteiger partial charge in [0.2, 0.25) is 5.91 Å². The minimum atomic E-state index is -0.542. The van der Waals surface area contributed by atoms with Crippen molar-refractivity contribution in [2.75, 3.05) is 0 Å². The van der Waals surface area contributed by atoms with Gasteiger partial charge in [-0.05, 0) is 6.92 Å². The van der Waals surface area contributed by atoms with E-state index in [-0.39, 0.29) is 0 Å². The lowest BCUT2D eigenvalue weighted by atomic mass is 10.4. The highest BCUT2D eigenvalue weighted by atomic mass is 16.1. The number of rotatable bonds is 2. The van der Waals surface area contributed by atoms with Crippen LogP contribution in [0.4, 0.5) is 0 Å². The maximum absolute atomic E-state index is 9.97. The van der Waals surface area contributed by atoms with Gasteiger partial charge in [-0.2, -0.15) is 0 Å². The standard InChI is InChI=1S/C3H8N2O/c1-2(4)3(5)6/h2H,4H2,1H3,(H2,5,6)/i/hD. The van der Waals surface area contributed by atoms with Gasteiger partial charge in [0, 0.05) is 0 Å². The van der Waals surface area contributed by atoms with Crippen LogP contribution in [0.3, 0.4) is 0 Å². The van der Waals surface area contributed by atoms with Gasteiger partial charge >= 0.3 is 0 Å². The molecule has 1 atom stereocenters. The van der Waals surface area contributed by atoms with E-state index in [2.05, 4.69) is 0 Å². The lowest BCUT2D eigenvalue weighted by molar-refractivity contribution is -0.118. The van der Waals surface area contributed by atoms with Gasteiger partial charge in [0.25, 0.3) is 0 Å². The van der Waals surface area contributed by atoms with Crippen LogP contribution in [0.2, 0.25) is 1.41 Å². The molecular weight excluding hydrogens is 80.0 g/mol. The number of carbonyl (C=O) groups is 1. The lowest BCUT2D eigenvalue weighted by Gasteiger charge is -1.91. The molecule has 4 N–H and O–H groups in total. The minimum absolute atomic E-state index is 0.505. The van der Waals surface area contributed by atoms with E-state index in [4.69, 9.17) is 7.15 Å². The van der Waals surface area contributed by atoms with E-state index in [0.29, 0.717) is 0 Å². The first-order chi connectivity index (χ1) is 3.18. The van der Waals surface area contributed by atoms with Crippen LogP contribution < -0.4 is 11.5 Å². The third-order valence-corrected chi connectivity index (χ3v) is 0.427. The molecule has 3 heteroatoms. The Morgan fingerprint density at radius 1 is 2.17 bits per heavy atom. The summed E-state index contributed by atoms with van der Waals surface area (Å²) in [6.45, 7) is 1.52. The molecule has 0 fully saturated rings. The first-order valence-corrected chi connectivity index (χ1v) is 1.65. The Kier molecular flexibility index (Phi) is 1.06. The summed E-state index contributed by atoms with van der Waals surface area (Å²) in [5.41, 5.74) is 6.66. The fraction of sp³-hybridized carbons (Fsp3) is 0.667. The Morgan fingerprint density at radius 2 is 2.67 bits per heavy atom. The zero-order valence-corrected chi connectivity index (χ0v) is 3.56. The van der Waals surface area contributed by atoms with Crippen LogP contribution in [0.15, 0.2) is 0 Å². The first-order valence-electron chi connectivity index (χ1n) is 2.15. The highest BCUT2D eigenvalue weighted by molar-refractivity contribution is 5.78. The molecule has 0 aromatic rings. The SMILES string of the molecule is [2H]NC(C)C(N)=O. The lowest BCUT2D eigenvalue weighted by Crippen LogP contribution is -2.32. The maximum Gasteiger partial charge on any atom is 0.234 e. The normalized spacial score (nSPS) is 15.8. The molecule has 0 spiro atoms. The van der Waals surface area contributed by atoms with Gasteiger partial charge in [-0.1, -0.05) is 0 Å². The Morgan fingerprint density at radius 3 is 2.67 bits per heavy atom. The second-order valence-corrected chi connectivity index (χ2v) is 1.12. The van der Waals surface area contributed by atoms with Gasteiger partial charge in [-0.15, -0.1) is 0 Å². The molecule has 0 aromatic carbocycles. The summed E-state index contributed by atoms with van der Waals surface area (Å²) in [7, 11) is 0. The first kappa shape index (κ1) is 3.61. The highest BCUT2D eigenvalue weighted by Gasteiger charge is 1.96. The summed E-state index contributed by atoms with van der Waals surface area (Å²) in [5.74, 6) is -0.505. The number of hydrogen-bond acceptors (Lipinski definition) is 2. The average molecular weight is 89.1 g/mol. The highest BCUT2D eigenvalue weighted by Crippen LogP contribution is 1.64. The van der Waals surface area contributed by atoms with E-state index in [0.717, 1.165) is 0 Å². The van der Waals surface area contributed by atoms with Crippen molar-refractivity contribution < 1.29 is 6.21 Å². The van der Waals surface area contributed by atoms with Crippen LogP contribution in [0.5, 0.6) is 0 Å². The average Bonchev–Trinajstić information content (AvgIpc) is 1.65. The minimum Gasteiger partial charge on any atom is -0.368 e. The van der Waals surface area contributed by atoms with Gasteiger partial charge < -0.3 is 11.5 Å². The second-order valence-electron chi connectivity index (χ2n) is 1.12. The number of primary amides is 1. The van der Waals surface area contributed by atoms with E-state index >= 15 is 0 Å². The van der Waals surface area contributed by atoms with Gasteiger partial charge in [0.1, 0.15) is 1.41 Å². The van der Waals surface area contributed by atoms with E-state index in [1.807, 2.05) is 5.73 Å². The van der Waals surface area contributed by atoms with Crippen LogP contribution in [0, 0.1) is 0 Å². The summed E-state index contributed by atoms with van der Waals surface area (Å²) in [6.07, 6.45) is 0. The molecule has 0 bridgehead atoms. The van der Waals surface area contributed by atoms with Crippen molar-refractivity contribution >= 4 is 5.91 Å². The molecule has 0 aliphatic heterocycles. The van der Waals surface area contributed by atoms with Crippen molar-refractivity contribution in [2.45, 2.75) is 13.0 Å². The van der Waals surface area contributed by atoms with Crippen LogP contribution in [-0.2, 0) is 4.79 Å². The summed E-state index contributed by atoms with van der Waals surface area (Å²) < 4.78 is 6.39. The molecule has 0 heterocycles. The topological polar surface area (TPSA) is 69.1 Å². The molecule has 1 unspecified atom stereocenters. The third kappa shape index (κ3) is 1.72. The summed E-state index contributed by atoms with van der Waals surface area (Å²) in [5, 5.41) is 0. The zero-order chi connectivity index (χ0) is 5.86. The quantitative estimate of drug-likeness (QED) is 0.447. The summed E-state index contributed by atoms with van der Waals surface area (Å²) in [6, 6.07) is -0.542. The predicted molar refractivity (Wildman–Crippen MR) is 22.8 cm³/mol. The molecule has 0 saturated heterocycles. The second kappa shape index (κ2) is 1.77. The van der Waals surface area contributed by atoms with Gasteiger partial charge in [0.05, 0.1) is 6.04 Å². The molecule has 0 radical (unpaired) electrons. The van der Waals surface area contributed by atoms with Crippen LogP contribution in [-0.4, -0.2) is 11.9 Å². The van der Waals surface area contributed by atoms with Crippen molar-refractivity contribution in [1.29, 1.82) is 0 Å². The molecule has 0 aliphatic rings. The molecule has 36 valence electrons. The third-order valence-electron chi connectivity index (χ3n) is 0.427. The number of nitrogens with two attached hydrogens (primary N) is 2. The van der Waals surface area contributed by atoms with E-state index < -0.39 is 11.9 Å². The molecule has 6 heavy (non-hydrogen) atoms. The van der Waals surface area contributed by atoms with Crippen molar-refractivity contribution in [1.82, 2.24) is 0 Å². The number of hydrogen-bond donors (Lipinski definition) is 2. The maximum atomic E-state index is 9.97. The van der Waals surface area contributed by atoms with Crippen molar-refractivity contribution in [2.24, 2.45) is 11.5 Å². The van der Waals surface area contributed by atoms with E-state index in [1.54, 1.807) is 0 Å². The Hall–Kier alpha value is -0.570. The summed E-state index contributed by atoms with van der Waals surface area (Å²) >= 11 is 0. The van der Waals surface area contributed by atoms with Gasteiger partial charge in [0.15, 0.2) is 0 Å². The van der Waals surface area contributed by atoms with E-state index in [1.165, 1.54) is 6.92 Å². The molecule has 1 amide bonds. The smallest absolute Gasteiger partial charge is 0.234 e. The van der Waals surface area contributed by atoms with Gasteiger partial charge in [-0.3, -0.25) is 4.79 Å². The van der Waals surface area contributed by atoms with E-state index in [9.17, 15) is 4.79 Å².